The summed E-state index contributed by atoms with van der Waals surface area (Å²) in [4.78, 5) is 25.5. The molecule has 0 aliphatic rings. The minimum atomic E-state index is -0.519. The maximum absolute atomic E-state index is 12.7. The Balaban J connectivity index is 2.26. The van der Waals surface area contributed by atoms with Gasteiger partial charge in [0, 0.05) is 11.3 Å². The van der Waals surface area contributed by atoms with Gasteiger partial charge in [-0.3, -0.25) is 4.79 Å². The van der Waals surface area contributed by atoms with Crippen LogP contribution in [0.25, 0.3) is 6.08 Å². The number of carbonyl (C=O) groups excluding carboxylic acids is 2. The highest BCUT2D eigenvalue weighted by Crippen LogP contribution is 2.29. The molecular weight excluding hydrogens is 400 g/mol. The lowest BCUT2D eigenvalue weighted by Gasteiger charge is -2.09. The first kappa shape index (κ1) is 22.9. The number of allylic oxidation sites excluding steroid dienone is 1. The summed E-state index contributed by atoms with van der Waals surface area (Å²) in [6, 6.07) is 11.0. The molecule has 1 heterocycles. The van der Waals surface area contributed by atoms with E-state index in [2.05, 4.69) is 0 Å². The minimum Gasteiger partial charge on any atom is -0.491 e. The topological polar surface area (TPSA) is 100 Å². The Hall–Kier alpha value is -3.42. The van der Waals surface area contributed by atoms with Gasteiger partial charge in [0.25, 0.3) is 0 Å². The molecule has 0 unspecified atom stereocenters. The van der Waals surface area contributed by atoms with Gasteiger partial charge in [-0.25, -0.2) is 4.79 Å². The van der Waals surface area contributed by atoms with E-state index in [4.69, 9.17) is 9.47 Å². The number of benzene rings is 1. The van der Waals surface area contributed by atoms with Crippen molar-refractivity contribution in [1.29, 1.82) is 10.5 Å². The van der Waals surface area contributed by atoms with Crippen LogP contribution in [0, 0.1) is 29.6 Å². The lowest BCUT2D eigenvalue weighted by Crippen LogP contribution is -2.06. The van der Waals surface area contributed by atoms with E-state index in [1.54, 1.807) is 38.1 Å². The van der Waals surface area contributed by atoms with Crippen molar-refractivity contribution in [2.75, 3.05) is 6.61 Å². The summed E-state index contributed by atoms with van der Waals surface area (Å²) in [7, 11) is 0. The Morgan fingerprint density at radius 2 is 1.87 bits per heavy atom. The summed E-state index contributed by atoms with van der Waals surface area (Å²) in [5.41, 5.74) is 1.43. The van der Waals surface area contributed by atoms with Crippen molar-refractivity contribution in [3.05, 3.63) is 56.3 Å². The Bertz CT molecular complexity index is 1050. The zero-order chi connectivity index (χ0) is 22.3. The lowest BCUT2D eigenvalue weighted by molar-refractivity contribution is -0.114. The number of ether oxygens (including phenoxy) is 2. The molecule has 0 fully saturated rings. The lowest BCUT2D eigenvalue weighted by atomic mass is 10.0. The smallest absolute Gasteiger partial charge is 0.348 e. The van der Waals surface area contributed by atoms with Crippen molar-refractivity contribution in [2.24, 2.45) is 0 Å². The molecule has 0 N–H and O–H groups in total. The van der Waals surface area contributed by atoms with Crippen LogP contribution < -0.4 is 4.74 Å². The van der Waals surface area contributed by atoms with Gasteiger partial charge in [0.1, 0.15) is 22.8 Å². The van der Waals surface area contributed by atoms with E-state index in [0.29, 0.717) is 26.6 Å². The SMILES string of the molecule is CCOC(=O)c1sc(CC(=O)/C(C#N)=C/c2ccc(OC(C)C)cc2)c(C#N)c1C. The summed E-state index contributed by atoms with van der Waals surface area (Å²) in [6.45, 7) is 7.42. The molecule has 0 amide bonds. The van der Waals surface area contributed by atoms with E-state index in [1.807, 2.05) is 26.0 Å². The van der Waals surface area contributed by atoms with Gasteiger partial charge in [0.15, 0.2) is 5.78 Å². The first-order valence-corrected chi connectivity index (χ1v) is 10.2. The molecule has 0 aliphatic heterocycles. The Morgan fingerprint density at radius 3 is 2.40 bits per heavy atom. The Morgan fingerprint density at radius 1 is 1.20 bits per heavy atom. The number of esters is 1. The summed E-state index contributed by atoms with van der Waals surface area (Å²) in [6.07, 6.45) is 1.41. The quantitative estimate of drug-likeness (QED) is 0.350. The van der Waals surface area contributed by atoms with Crippen LogP contribution in [-0.2, 0) is 16.0 Å². The van der Waals surface area contributed by atoms with Crippen LogP contribution in [0.2, 0.25) is 0 Å². The van der Waals surface area contributed by atoms with Crippen molar-refractivity contribution in [1.82, 2.24) is 0 Å². The minimum absolute atomic E-state index is 0.0276. The van der Waals surface area contributed by atoms with Crippen LogP contribution in [-0.4, -0.2) is 24.5 Å². The summed E-state index contributed by atoms with van der Waals surface area (Å²) >= 11 is 1.06. The van der Waals surface area contributed by atoms with Crippen molar-refractivity contribution in [3.8, 4) is 17.9 Å². The normalized spacial score (nSPS) is 11.0. The molecule has 0 aliphatic carbocycles. The molecule has 0 radical (unpaired) electrons. The van der Waals surface area contributed by atoms with E-state index < -0.39 is 11.8 Å². The fourth-order valence-corrected chi connectivity index (χ4v) is 3.88. The van der Waals surface area contributed by atoms with E-state index in [0.717, 1.165) is 11.3 Å². The van der Waals surface area contributed by atoms with E-state index in [-0.39, 0.29) is 30.3 Å². The number of hydrogen-bond donors (Lipinski definition) is 0. The largest absolute Gasteiger partial charge is 0.491 e. The highest BCUT2D eigenvalue weighted by atomic mass is 32.1. The molecule has 2 aromatic rings. The molecule has 30 heavy (non-hydrogen) atoms. The molecule has 7 heteroatoms. The molecule has 1 aromatic carbocycles. The van der Waals surface area contributed by atoms with Crippen LogP contribution in [0.1, 0.15) is 52.0 Å². The van der Waals surface area contributed by atoms with Gasteiger partial charge < -0.3 is 9.47 Å². The molecule has 2 rings (SSSR count). The van der Waals surface area contributed by atoms with Crippen LogP contribution in [0.4, 0.5) is 0 Å². The van der Waals surface area contributed by atoms with Crippen molar-refractivity contribution < 1.29 is 19.1 Å². The third-order valence-electron chi connectivity index (χ3n) is 4.10. The summed E-state index contributed by atoms with van der Waals surface area (Å²) < 4.78 is 10.6. The van der Waals surface area contributed by atoms with Crippen LogP contribution >= 0.6 is 11.3 Å². The second-order valence-corrected chi connectivity index (χ2v) is 7.80. The predicted molar refractivity (Wildman–Crippen MR) is 114 cm³/mol. The average Bonchev–Trinajstić information content (AvgIpc) is 3.02. The van der Waals surface area contributed by atoms with E-state index in [1.165, 1.54) is 6.08 Å². The number of nitriles is 2. The van der Waals surface area contributed by atoms with Crippen LogP contribution in [0.5, 0.6) is 5.75 Å². The number of thiophene rings is 1. The van der Waals surface area contributed by atoms with Crippen molar-refractivity contribution in [3.63, 3.8) is 0 Å². The molecular formula is C23H22N2O4S. The third-order valence-corrected chi connectivity index (χ3v) is 5.37. The van der Waals surface area contributed by atoms with Gasteiger partial charge >= 0.3 is 5.97 Å². The zero-order valence-electron chi connectivity index (χ0n) is 17.3. The van der Waals surface area contributed by atoms with Gasteiger partial charge in [-0.1, -0.05) is 12.1 Å². The molecule has 0 atom stereocenters. The third kappa shape index (κ3) is 5.56. The molecule has 154 valence electrons. The first-order chi connectivity index (χ1) is 14.3. The average molecular weight is 423 g/mol. The Labute approximate surface area is 180 Å². The monoisotopic (exact) mass is 422 g/mol. The molecule has 0 spiro atoms. The van der Waals surface area contributed by atoms with Crippen molar-refractivity contribution in [2.45, 2.75) is 40.2 Å². The molecule has 1 aromatic heterocycles. The van der Waals surface area contributed by atoms with Gasteiger partial charge in [-0.05, 0) is 57.0 Å². The van der Waals surface area contributed by atoms with Gasteiger partial charge in [-0.2, -0.15) is 10.5 Å². The second kappa shape index (κ2) is 10.4. The number of hydrogen-bond acceptors (Lipinski definition) is 7. The number of Topliss-reactive ketones (excluding diaryl/α,β-unsaturated/α-hetero) is 1. The zero-order valence-corrected chi connectivity index (χ0v) is 18.1. The number of ketones is 1. The van der Waals surface area contributed by atoms with Crippen molar-refractivity contribution >= 4 is 29.2 Å². The predicted octanol–water partition coefficient (Wildman–Crippen LogP) is 4.61. The highest BCUT2D eigenvalue weighted by molar-refractivity contribution is 7.14. The summed E-state index contributed by atoms with van der Waals surface area (Å²) in [5.74, 6) is -0.241. The Kier molecular flexibility index (Phi) is 7.91. The first-order valence-electron chi connectivity index (χ1n) is 9.41. The maximum atomic E-state index is 12.7. The molecule has 0 saturated carbocycles. The van der Waals surface area contributed by atoms with E-state index >= 15 is 0 Å². The standard InChI is InChI=1S/C23H22N2O4S/c1-5-28-23(27)22-15(4)19(13-25)21(30-22)11-20(26)17(12-24)10-16-6-8-18(9-7-16)29-14(2)3/h6-10,14H,5,11H2,1-4H3/b17-10+. The summed E-state index contributed by atoms with van der Waals surface area (Å²) in [5, 5.41) is 18.9. The number of rotatable bonds is 8. The second-order valence-electron chi connectivity index (χ2n) is 6.69. The molecule has 6 nitrogen and oxygen atoms in total. The maximum Gasteiger partial charge on any atom is 0.348 e. The van der Waals surface area contributed by atoms with Crippen LogP contribution in [0.3, 0.4) is 0 Å². The number of nitrogens with zero attached hydrogens (tertiary/aromatic N) is 2. The number of carbonyl (C=O) groups is 2. The van der Waals surface area contributed by atoms with E-state index in [9.17, 15) is 20.1 Å². The molecule has 0 bridgehead atoms. The van der Waals surface area contributed by atoms with Gasteiger partial charge in [-0.15, -0.1) is 11.3 Å². The fourth-order valence-electron chi connectivity index (χ4n) is 2.73. The molecule has 0 saturated heterocycles. The fraction of sp³-hybridized carbons (Fsp3) is 0.304. The highest BCUT2D eigenvalue weighted by Gasteiger charge is 2.23. The van der Waals surface area contributed by atoms with Gasteiger partial charge in [0.2, 0.25) is 0 Å². The van der Waals surface area contributed by atoms with Crippen LogP contribution in [0.15, 0.2) is 29.8 Å². The van der Waals surface area contributed by atoms with Gasteiger partial charge in [0.05, 0.1) is 23.8 Å².